The van der Waals surface area contributed by atoms with Crippen LogP contribution in [0.3, 0.4) is 0 Å². The van der Waals surface area contributed by atoms with Crippen molar-refractivity contribution in [1.29, 1.82) is 5.26 Å². The van der Waals surface area contributed by atoms with Crippen molar-refractivity contribution in [3.63, 3.8) is 0 Å². The Morgan fingerprint density at radius 3 is 2.71 bits per heavy atom. The lowest BCUT2D eigenvalue weighted by atomic mass is 10.2. The molecular weight excluding hydrogens is 228 g/mol. The Morgan fingerprint density at radius 2 is 2.24 bits per heavy atom. The van der Waals surface area contributed by atoms with Crippen molar-refractivity contribution in [3.8, 4) is 6.07 Å². The first kappa shape index (κ1) is 12.3. The van der Waals surface area contributed by atoms with E-state index in [0.717, 1.165) is 5.01 Å². The molecule has 1 aromatic carbocycles. The highest BCUT2D eigenvalue weighted by molar-refractivity contribution is 5.47. The fourth-order valence-electron chi connectivity index (χ4n) is 1.08. The van der Waals surface area contributed by atoms with Gasteiger partial charge in [-0.3, -0.25) is 4.79 Å². The molecule has 1 rings (SSSR count). The third kappa shape index (κ3) is 3.07. The Bertz CT molecular complexity index is 451. The van der Waals surface area contributed by atoms with Crippen molar-refractivity contribution in [2.24, 2.45) is 5.28 Å². The summed E-state index contributed by atoms with van der Waals surface area (Å²) in [5, 5.41) is 31.3. The monoisotopic (exact) mass is 236 g/mol. The summed E-state index contributed by atoms with van der Waals surface area (Å²) in [5.41, 5.74) is 0.710. The quantitative estimate of drug-likeness (QED) is 0.265. The zero-order chi connectivity index (χ0) is 12.7. The van der Waals surface area contributed by atoms with Crippen LogP contribution in [0.15, 0.2) is 29.5 Å². The molecule has 0 heterocycles. The van der Waals surface area contributed by atoms with Gasteiger partial charge in [0.1, 0.15) is 5.69 Å². The second kappa shape index (κ2) is 5.92. The van der Waals surface area contributed by atoms with Gasteiger partial charge >= 0.3 is 0 Å². The van der Waals surface area contributed by atoms with E-state index in [2.05, 4.69) is 10.0 Å². The molecule has 0 amide bonds. The average molecular weight is 236 g/mol. The highest BCUT2D eigenvalue weighted by Crippen LogP contribution is 2.15. The van der Waals surface area contributed by atoms with Crippen LogP contribution in [0.5, 0.6) is 0 Å². The van der Waals surface area contributed by atoms with Gasteiger partial charge in [0.2, 0.25) is 12.0 Å². The predicted octanol–water partition coefficient (Wildman–Crippen LogP) is 0.762. The van der Waals surface area contributed by atoms with Crippen LogP contribution < -0.4 is 5.01 Å². The largest absolute Gasteiger partial charge is 0.568 e. The molecule has 0 aliphatic rings. The molecule has 1 N–H and O–H groups in total. The summed E-state index contributed by atoms with van der Waals surface area (Å²) >= 11 is 0. The van der Waals surface area contributed by atoms with Gasteiger partial charge in [0.15, 0.2) is 0 Å². The first-order chi connectivity index (χ1) is 8.22. The molecule has 0 saturated heterocycles. The van der Waals surface area contributed by atoms with Gasteiger partial charge < -0.3 is 15.2 Å². The van der Waals surface area contributed by atoms with Crippen LogP contribution in [-0.2, 0) is 9.53 Å². The van der Waals surface area contributed by atoms with E-state index in [9.17, 15) is 10.0 Å². The molecule has 8 nitrogen and oxygen atoms in total. The van der Waals surface area contributed by atoms with Gasteiger partial charge in [-0.1, -0.05) is 5.01 Å². The van der Waals surface area contributed by atoms with Gasteiger partial charge in [-0.2, -0.15) is 5.26 Å². The van der Waals surface area contributed by atoms with Crippen molar-refractivity contribution in [2.75, 3.05) is 11.7 Å². The number of nitrogens with zero attached hydrogens (tertiary/aromatic N) is 4. The SMILES string of the molecule is N#Cc1ccc(N(COC=O)/[N+]([O-])=N/O)cc1. The molecule has 1 aromatic rings. The van der Waals surface area contributed by atoms with E-state index in [1.54, 1.807) is 0 Å². The van der Waals surface area contributed by atoms with Gasteiger partial charge in [-0.15, -0.1) is 0 Å². The fourth-order valence-corrected chi connectivity index (χ4v) is 1.08. The van der Waals surface area contributed by atoms with E-state index in [1.807, 2.05) is 6.07 Å². The summed E-state index contributed by atoms with van der Waals surface area (Å²) < 4.78 is 4.40. The Morgan fingerprint density at radius 1 is 1.59 bits per heavy atom. The first-order valence-corrected chi connectivity index (χ1v) is 4.38. The average Bonchev–Trinajstić information content (AvgIpc) is 2.39. The predicted molar refractivity (Wildman–Crippen MR) is 53.5 cm³/mol. The molecule has 0 aliphatic carbocycles. The Balaban J connectivity index is 2.96. The molecule has 0 radical (unpaired) electrons. The zero-order valence-electron chi connectivity index (χ0n) is 8.55. The van der Waals surface area contributed by atoms with E-state index in [-0.39, 0.29) is 11.4 Å². The number of hydrogen-bond donors (Lipinski definition) is 1. The van der Waals surface area contributed by atoms with Crippen molar-refractivity contribution in [2.45, 2.75) is 0 Å². The minimum atomic E-state index is -0.414. The molecule has 0 spiro atoms. The molecule has 0 aromatic heterocycles. The van der Waals surface area contributed by atoms with Crippen LogP contribution >= 0.6 is 0 Å². The molecule has 0 aliphatic heterocycles. The lowest BCUT2D eigenvalue weighted by Crippen LogP contribution is -2.32. The highest BCUT2D eigenvalue weighted by atomic mass is 16.6. The minimum Gasteiger partial charge on any atom is -0.568 e. The molecular formula is C9H8N4O4. The molecule has 0 saturated carbocycles. The molecule has 17 heavy (non-hydrogen) atoms. The lowest BCUT2D eigenvalue weighted by molar-refractivity contribution is -0.572. The van der Waals surface area contributed by atoms with E-state index >= 15 is 0 Å². The number of anilines is 1. The number of hydrazine groups is 1. The van der Waals surface area contributed by atoms with Gasteiger partial charge in [0.05, 0.1) is 16.6 Å². The molecule has 0 atom stereocenters. The summed E-state index contributed by atoms with van der Waals surface area (Å²) in [6.45, 7) is -0.259. The number of hydrogen-bond acceptors (Lipinski definition) is 5. The van der Waals surface area contributed by atoms with Crippen molar-refractivity contribution >= 4 is 12.2 Å². The Hall–Kier alpha value is -2.82. The second-order valence-electron chi connectivity index (χ2n) is 2.79. The van der Waals surface area contributed by atoms with Crippen molar-refractivity contribution in [1.82, 2.24) is 0 Å². The summed E-state index contributed by atoms with van der Waals surface area (Å²) in [6.07, 6.45) is 0. The highest BCUT2D eigenvalue weighted by Gasteiger charge is 2.16. The summed E-state index contributed by atoms with van der Waals surface area (Å²) in [5.74, 6) is 0. The van der Waals surface area contributed by atoms with Crippen molar-refractivity contribution in [3.05, 3.63) is 35.0 Å². The van der Waals surface area contributed by atoms with Crippen LogP contribution in [0.25, 0.3) is 0 Å². The number of nitriles is 1. The molecule has 0 unspecified atom stereocenters. The van der Waals surface area contributed by atoms with Crippen LogP contribution in [0, 0.1) is 16.5 Å². The van der Waals surface area contributed by atoms with Gasteiger partial charge in [0.25, 0.3) is 6.47 Å². The second-order valence-corrected chi connectivity index (χ2v) is 2.79. The van der Waals surface area contributed by atoms with E-state index in [4.69, 9.17) is 10.5 Å². The summed E-state index contributed by atoms with van der Waals surface area (Å²) in [6, 6.07) is 7.74. The van der Waals surface area contributed by atoms with Gasteiger partial charge in [0, 0.05) is 0 Å². The number of carbonyl (C=O) groups excluding carboxylic acids is 1. The number of carbonyl (C=O) groups is 1. The third-order valence-electron chi connectivity index (χ3n) is 1.84. The maximum Gasteiger partial charge on any atom is 0.295 e. The first-order valence-electron chi connectivity index (χ1n) is 4.38. The zero-order valence-corrected chi connectivity index (χ0v) is 8.55. The smallest absolute Gasteiger partial charge is 0.295 e. The van der Waals surface area contributed by atoms with Crippen LogP contribution in [0.1, 0.15) is 5.56 Å². The lowest BCUT2D eigenvalue weighted by Gasteiger charge is -2.15. The van der Waals surface area contributed by atoms with E-state index < -0.39 is 6.73 Å². The van der Waals surface area contributed by atoms with Crippen molar-refractivity contribution < 1.29 is 19.7 Å². The van der Waals surface area contributed by atoms with Gasteiger partial charge in [-0.25, -0.2) is 0 Å². The topological polar surface area (TPSA) is 112 Å². The Kier molecular flexibility index (Phi) is 4.26. The maximum atomic E-state index is 11.1. The molecule has 88 valence electrons. The molecule has 0 bridgehead atoms. The molecule has 8 heteroatoms. The summed E-state index contributed by atoms with van der Waals surface area (Å²) in [4.78, 5) is 9.90. The normalized spacial score (nSPS) is 10.4. The number of ether oxygens (including phenoxy) is 1. The third-order valence-corrected chi connectivity index (χ3v) is 1.84. The Labute approximate surface area is 96.1 Å². The summed E-state index contributed by atoms with van der Waals surface area (Å²) in [7, 11) is 0. The minimum absolute atomic E-state index is 0.148. The van der Waals surface area contributed by atoms with Crippen LogP contribution in [0.4, 0.5) is 5.69 Å². The van der Waals surface area contributed by atoms with E-state index in [1.165, 1.54) is 24.3 Å². The van der Waals surface area contributed by atoms with E-state index in [0.29, 0.717) is 11.3 Å². The standard InChI is InChI=1S/C9H8N4O4/c10-5-8-1-3-9(4-2-8)12(6-17-7-14)13(16)11-15/h1-4,7,15H,6H2/b13-11-. The van der Waals surface area contributed by atoms with Crippen LogP contribution in [-0.4, -0.2) is 23.4 Å². The van der Waals surface area contributed by atoms with Gasteiger partial charge in [-0.05, 0) is 24.3 Å². The molecule has 0 fully saturated rings. The fraction of sp³-hybridized carbons (Fsp3) is 0.111. The maximum absolute atomic E-state index is 11.1. The van der Waals surface area contributed by atoms with Crippen LogP contribution in [0.2, 0.25) is 0 Å². The number of benzene rings is 1. The number of rotatable bonds is 5.